The van der Waals surface area contributed by atoms with Crippen molar-refractivity contribution in [3.8, 4) is 0 Å². The molecule has 3 heteroatoms. The molecule has 0 spiro atoms. The molecule has 0 saturated heterocycles. The summed E-state index contributed by atoms with van der Waals surface area (Å²) < 4.78 is 0. The van der Waals surface area contributed by atoms with Crippen molar-refractivity contribution < 1.29 is 0 Å². The molecule has 0 aromatic carbocycles. The SMILES string of the molecule is CCCCN(CC)C(N)=NC(C)C. The molecule has 0 aliphatic carbocycles. The van der Waals surface area contributed by atoms with Gasteiger partial charge in [-0.25, -0.2) is 0 Å². The zero-order valence-corrected chi connectivity index (χ0v) is 9.38. The van der Waals surface area contributed by atoms with E-state index in [4.69, 9.17) is 5.73 Å². The van der Waals surface area contributed by atoms with Crippen molar-refractivity contribution in [1.29, 1.82) is 0 Å². The summed E-state index contributed by atoms with van der Waals surface area (Å²) in [7, 11) is 0. The lowest BCUT2D eigenvalue weighted by atomic mass is 10.3. The van der Waals surface area contributed by atoms with Gasteiger partial charge < -0.3 is 10.6 Å². The summed E-state index contributed by atoms with van der Waals surface area (Å²) in [6, 6.07) is 0.288. The first-order valence-corrected chi connectivity index (χ1v) is 5.20. The van der Waals surface area contributed by atoms with Crippen LogP contribution in [0.25, 0.3) is 0 Å². The third-order valence-electron chi connectivity index (χ3n) is 1.88. The Balaban J connectivity index is 4.06. The molecule has 3 nitrogen and oxygen atoms in total. The van der Waals surface area contributed by atoms with Crippen LogP contribution in [0, 0.1) is 0 Å². The quantitative estimate of drug-likeness (QED) is 0.524. The maximum atomic E-state index is 5.85. The first kappa shape index (κ1) is 12.3. The highest BCUT2D eigenvalue weighted by Crippen LogP contribution is 1.96. The predicted molar refractivity (Wildman–Crippen MR) is 58.9 cm³/mol. The van der Waals surface area contributed by atoms with Gasteiger partial charge in [-0.15, -0.1) is 0 Å². The van der Waals surface area contributed by atoms with E-state index in [9.17, 15) is 0 Å². The van der Waals surface area contributed by atoms with Crippen molar-refractivity contribution in [2.75, 3.05) is 13.1 Å². The van der Waals surface area contributed by atoms with Crippen LogP contribution < -0.4 is 5.73 Å². The van der Waals surface area contributed by atoms with Crippen LogP contribution in [0.15, 0.2) is 4.99 Å². The molecule has 78 valence electrons. The fraction of sp³-hybridized carbons (Fsp3) is 0.900. The second-order valence-electron chi connectivity index (χ2n) is 3.51. The van der Waals surface area contributed by atoms with E-state index in [2.05, 4.69) is 23.7 Å². The lowest BCUT2D eigenvalue weighted by Crippen LogP contribution is -2.38. The van der Waals surface area contributed by atoms with Crippen LogP contribution in [0.1, 0.15) is 40.5 Å². The van der Waals surface area contributed by atoms with Crippen molar-refractivity contribution in [2.24, 2.45) is 10.7 Å². The van der Waals surface area contributed by atoms with Gasteiger partial charge in [0.25, 0.3) is 0 Å². The van der Waals surface area contributed by atoms with E-state index in [1.165, 1.54) is 12.8 Å². The Morgan fingerprint density at radius 3 is 2.38 bits per heavy atom. The monoisotopic (exact) mass is 185 g/mol. The molecule has 0 aromatic heterocycles. The first-order chi connectivity index (χ1) is 6.11. The molecule has 13 heavy (non-hydrogen) atoms. The van der Waals surface area contributed by atoms with Gasteiger partial charge in [0.05, 0.1) is 0 Å². The fourth-order valence-corrected chi connectivity index (χ4v) is 1.13. The topological polar surface area (TPSA) is 41.6 Å². The molecule has 2 N–H and O–H groups in total. The number of aliphatic imine (C=N–C) groups is 1. The van der Waals surface area contributed by atoms with Gasteiger partial charge >= 0.3 is 0 Å². The Kier molecular flexibility index (Phi) is 6.37. The Morgan fingerprint density at radius 2 is 2.00 bits per heavy atom. The van der Waals surface area contributed by atoms with E-state index in [-0.39, 0.29) is 6.04 Å². The predicted octanol–water partition coefficient (Wildman–Crippen LogP) is 1.83. The van der Waals surface area contributed by atoms with Gasteiger partial charge in [-0.3, -0.25) is 4.99 Å². The molecule has 0 radical (unpaired) electrons. The minimum Gasteiger partial charge on any atom is -0.370 e. The van der Waals surface area contributed by atoms with E-state index in [1.54, 1.807) is 0 Å². The van der Waals surface area contributed by atoms with E-state index in [0.29, 0.717) is 5.96 Å². The first-order valence-electron chi connectivity index (χ1n) is 5.20. The van der Waals surface area contributed by atoms with E-state index in [0.717, 1.165) is 13.1 Å². The third-order valence-corrected chi connectivity index (χ3v) is 1.88. The zero-order valence-electron chi connectivity index (χ0n) is 9.38. The lowest BCUT2D eigenvalue weighted by Gasteiger charge is -2.21. The molecule has 0 bridgehead atoms. The summed E-state index contributed by atoms with van der Waals surface area (Å²) in [4.78, 5) is 6.45. The molecule has 0 aliphatic rings. The van der Waals surface area contributed by atoms with Crippen LogP contribution in [-0.2, 0) is 0 Å². The Morgan fingerprint density at radius 1 is 1.38 bits per heavy atom. The standard InChI is InChI=1S/C10H23N3/c1-5-7-8-13(6-2)10(11)12-9(3)4/h9H,5-8H2,1-4H3,(H2,11,12). The van der Waals surface area contributed by atoms with Gasteiger partial charge in [0, 0.05) is 19.1 Å². The van der Waals surface area contributed by atoms with Gasteiger partial charge in [0.2, 0.25) is 0 Å². The molecule has 0 fully saturated rings. The fourth-order valence-electron chi connectivity index (χ4n) is 1.13. The van der Waals surface area contributed by atoms with Crippen LogP contribution in [0.2, 0.25) is 0 Å². The highest BCUT2D eigenvalue weighted by Gasteiger charge is 2.04. The number of hydrogen-bond acceptors (Lipinski definition) is 1. The van der Waals surface area contributed by atoms with Crippen molar-refractivity contribution >= 4 is 5.96 Å². The molecule has 0 rings (SSSR count). The van der Waals surface area contributed by atoms with Crippen LogP contribution in [0.4, 0.5) is 0 Å². The molecule has 0 saturated carbocycles. The van der Waals surface area contributed by atoms with E-state index < -0.39 is 0 Å². The van der Waals surface area contributed by atoms with Gasteiger partial charge in [-0.1, -0.05) is 13.3 Å². The second-order valence-corrected chi connectivity index (χ2v) is 3.51. The summed E-state index contributed by atoms with van der Waals surface area (Å²) >= 11 is 0. The maximum absolute atomic E-state index is 5.85. The van der Waals surface area contributed by atoms with E-state index in [1.807, 2.05) is 13.8 Å². The van der Waals surface area contributed by atoms with Crippen molar-refractivity contribution in [3.63, 3.8) is 0 Å². The minimum atomic E-state index is 0.288. The van der Waals surface area contributed by atoms with Crippen molar-refractivity contribution in [1.82, 2.24) is 4.90 Å². The molecule has 0 amide bonds. The number of hydrogen-bond donors (Lipinski definition) is 1. The van der Waals surface area contributed by atoms with Gasteiger partial charge in [0.1, 0.15) is 0 Å². The number of rotatable bonds is 5. The van der Waals surface area contributed by atoms with Crippen molar-refractivity contribution in [2.45, 2.75) is 46.6 Å². The second kappa shape index (κ2) is 6.75. The number of nitrogens with two attached hydrogens (primary N) is 1. The van der Waals surface area contributed by atoms with Gasteiger partial charge in [0.15, 0.2) is 5.96 Å². The molecule has 0 unspecified atom stereocenters. The summed E-state index contributed by atoms with van der Waals surface area (Å²) in [5.74, 6) is 0.686. The third kappa shape index (κ3) is 5.50. The van der Waals surface area contributed by atoms with Crippen molar-refractivity contribution in [3.05, 3.63) is 0 Å². The van der Waals surface area contributed by atoms with Crippen LogP contribution >= 0.6 is 0 Å². The molecule has 0 heterocycles. The molecular weight excluding hydrogens is 162 g/mol. The zero-order chi connectivity index (χ0) is 10.3. The molecular formula is C10H23N3. The van der Waals surface area contributed by atoms with E-state index >= 15 is 0 Å². The Labute approximate surface area is 82.0 Å². The molecule has 0 aliphatic heterocycles. The summed E-state index contributed by atoms with van der Waals surface area (Å²) in [6.07, 6.45) is 2.38. The minimum absolute atomic E-state index is 0.288. The van der Waals surface area contributed by atoms with Crippen LogP contribution in [0.3, 0.4) is 0 Å². The van der Waals surface area contributed by atoms with Crippen LogP contribution in [0.5, 0.6) is 0 Å². The Hall–Kier alpha value is -0.730. The summed E-state index contributed by atoms with van der Waals surface area (Å²) in [5.41, 5.74) is 5.85. The normalized spacial score (nSPS) is 12.2. The lowest BCUT2D eigenvalue weighted by molar-refractivity contribution is 0.420. The maximum Gasteiger partial charge on any atom is 0.191 e. The molecule has 0 aromatic rings. The van der Waals surface area contributed by atoms with Gasteiger partial charge in [-0.2, -0.15) is 0 Å². The van der Waals surface area contributed by atoms with Gasteiger partial charge in [-0.05, 0) is 27.2 Å². The highest BCUT2D eigenvalue weighted by atomic mass is 15.2. The number of guanidine groups is 1. The summed E-state index contributed by atoms with van der Waals surface area (Å²) in [6.45, 7) is 10.3. The summed E-state index contributed by atoms with van der Waals surface area (Å²) in [5, 5.41) is 0. The number of unbranched alkanes of at least 4 members (excludes halogenated alkanes) is 1. The van der Waals surface area contributed by atoms with Crippen LogP contribution in [-0.4, -0.2) is 30.0 Å². The Bertz CT molecular complexity index is 152. The highest BCUT2D eigenvalue weighted by molar-refractivity contribution is 5.78. The average Bonchev–Trinajstić information content (AvgIpc) is 2.04. The molecule has 0 atom stereocenters. The number of nitrogens with zero attached hydrogens (tertiary/aromatic N) is 2. The average molecular weight is 185 g/mol. The largest absolute Gasteiger partial charge is 0.370 e. The smallest absolute Gasteiger partial charge is 0.191 e.